The molecule has 0 aliphatic heterocycles. The Morgan fingerprint density at radius 3 is 2.25 bits per heavy atom. The molecule has 2 nitrogen and oxygen atoms in total. The molecule has 0 atom stereocenters. The number of aromatic hydroxyl groups is 1. The number of hydrogen-bond acceptors (Lipinski definition) is 2. The fourth-order valence-electron chi connectivity index (χ4n) is 1.70. The Bertz CT molecular complexity index is 462. The van der Waals surface area contributed by atoms with Crippen molar-refractivity contribution in [3.05, 3.63) is 59.7 Å². The van der Waals surface area contributed by atoms with Crippen LogP contribution in [0.5, 0.6) is 5.75 Å². The molecule has 0 bridgehead atoms. The Hall–Kier alpha value is -1.96. The van der Waals surface area contributed by atoms with Crippen LogP contribution in [-0.2, 0) is 12.8 Å². The van der Waals surface area contributed by atoms with Gasteiger partial charge in [0.1, 0.15) is 5.75 Å². The number of rotatable bonds is 3. The monoisotopic (exact) mass is 213 g/mol. The molecule has 2 aromatic rings. The van der Waals surface area contributed by atoms with E-state index < -0.39 is 0 Å². The maximum atomic E-state index is 9.17. The molecule has 2 aromatic carbocycles. The minimum absolute atomic E-state index is 0.308. The molecule has 0 fully saturated rings. The van der Waals surface area contributed by atoms with Crippen molar-refractivity contribution in [3.63, 3.8) is 0 Å². The molecule has 2 rings (SSSR count). The first-order valence-electron chi connectivity index (χ1n) is 5.37. The lowest BCUT2D eigenvalue weighted by Crippen LogP contribution is -1.96. The molecule has 0 aromatic heterocycles. The van der Waals surface area contributed by atoms with E-state index in [1.54, 1.807) is 12.1 Å². The molecule has 16 heavy (non-hydrogen) atoms. The second kappa shape index (κ2) is 4.71. The Kier molecular flexibility index (Phi) is 3.10. The van der Waals surface area contributed by atoms with E-state index in [4.69, 9.17) is 10.8 Å². The topological polar surface area (TPSA) is 46.2 Å². The summed E-state index contributed by atoms with van der Waals surface area (Å²) in [5, 5.41) is 9.17. The maximum Gasteiger partial charge on any atom is 0.115 e. The summed E-state index contributed by atoms with van der Waals surface area (Å²) in [7, 11) is 0. The van der Waals surface area contributed by atoms with E-state index in [0.29, 0.717) is 5.75 Å². The van der Waals surface area contributed by atoms with Gasteiger partial charge in [-0.15, -0.1) is 0 Å². The van der Waals surface area contributed by atoms with E-state index in [-0.39, 0.29) is 0 Å². The predicted octanol–water partition coefficient (Wildman–Crippen LogP) is 2.76. The molecular weight excluding hydrogens is 198 g/mol. The van der Waals surface area contributed by atoms with E-state index in [1.165, 1.54) is 11.1 Å². The summed E-state index contributed by atoms with van der Waals surface area (Å²) >= 11 is 0. The van der Waals surface area contributed by atoms with Gasteiger partial charge in [0.2, 0.25) is 0 Å². The maximum absolute atomic E-state index is 9.17. The van der Waals surface area contributed by atoms with Crippen LogP contribution >= 0.6 is 0 Å². The van der Waals surface area contributed by atoms with Crippen LogP contribution in [0.3, 0.4) is 0 Å². The smallest absolute Gasteiger partial charge is 0.115 e. The number of phenols is 1. The van der Waals surface area contributed by atoms with Crippen molar-refractivity contribution < 1.29 is 5.11 Å². The molecule has 0 spiro atoms. The number of nitrogens with two attached hydrogens (primary N) is 1. The van der Waals surface area contributed by atoms with Gasteiger partial charge in [-0.2, -0.15) is 0 Å². The fourth-order valence-corrected chi connectivity index (χ4v) is 1.70. The number of hydrogen-bond donors (Lipinski definition) is 2. The quantitative estimate of drug-likeness (QED) is 0.770. The van der Waals surface area contributed by atoms with Crippen LogP contribution < -0.4 is 5.73 Å². The number of para-hydroxylation sites is 1. The highest BCUT2D eigenvalue weighted by Gasteiger charge is 1.99. The van der Waals surface area contributed by atoms with Gasteiger partial charge in [0.15, 0.2) is 0 Å². The molecular formula is C14H15NO. The largest absolute Gasteiger partial charge is 0.508 e. The zero-order valence-electron chi connectivity index (χ0n) is 9.06. The van der Waals surface area contributed by atoms with Gasteiger partial charge in [-0.1, -0.05) is 30.3 Å². The van der Waals surface area contributed by atoms with Gasteiger partial charge in [-0.05, 0) is 42.2 Å². The Labute approximate surface area is 95.4 Å². The van der Waals surface area contributed by atoms with Gasteiger partial charge in [0.25, 0.3) is 0 Å². The lowest BCUT2D eigenvalue weighted by atomic mass is 10.0. The predicted molar refractivity (Wildman–Crippen MR) is 66.4 cm³/mol. The molecule has 0 radical (unpaired) electrons. The average molecular weight is 213 g/mol. The number of benzene rings is 2. The highest BCUT2D eigenvalue weighted by atomic mass is 16.3. The molecule has 0 unspecified atom stereocenters. The zero-order chi connectivity index (χ0) is 11.4. The van der Waals surface area contributed by atoms with Crippen molar-refractivity contribution in [1.82, 2.24) is 0 Å². The number of nitrogen functional groups attached to an aromatic ring is 1. The van der Waals surface area contributed by atoms with Crippen LogP contribution in [0.2, 0.25) is 0 Å². The molecule has 0 saturated heterocycles. The summed E-state index contributed by atoms with van der Waals surface area (Å²) < 4.78 is 0. The van der Waals surface area contributed by atoms with E-state index in [9.17, 15) is 0 Å². The minimum atomic E-state index is 0.308. The Morgan fingerprint density at radius 1 is 0.875 bits per heavy atom. The van der Waals surface area contributed by atoms with Crippen molar-refractivity contribution in [2.24, 2.45) is 0 Å². The third kappa shape index (κ3) is 2.54. The van der Waals surface area contributed by atoms with Crippen molar-refractivity contribution in [2.75, 3.05) is 5.73 Å². The van der Waals surface area contributed by atoms with Crippen molar-refractivity contribution in [3.8, 4) is 5.75 Å². The number of phenolic OH excluding ortho intramolecular Hbond substituents is 1. The first-order valence-corrected chi connectivity index (χ1v) is 5.37. The van der Waals surface area contributed by atoms with Crippen LogP contribution in [0, 0.1) is 0 Å². The SMILES string of the molecule is Nc1ccccc1CCc1ccc(O)cc1. The van der Waals surface area contributed by atoms with E-state index in [2.05, 4.69) is 6.07 Å². The van der Waals surface area contributed by atoms with Crippen LogP contribution in [0.25, 0.3) is 0 Å². The average Bonchev–Trinajstić information content (AvgIpc) is 2.30. The van der Waals surface area contributed by atoms with E-state index in [1.807, 2.05) is 30.3 Å². The molecule has 0 aliphatic rings. The van der Waals surface area contributed by atoms with Crippen LogP contribution in [0.15, 0.2) is 48.5 Å². The second-order valence-electron chi connectivity index (χ2n) is 3.87. The molecule has 0 heterocycles. The lowest BCUT2D eigenvalue weighted by molar-refractivity contribution is 0.475. The van der Waals surface area contributed by atoms with Gasteiger partial charge in [0.05, 0.1) is 0 Å². The second-order valence-corrected chi connectivity index (χ2v) is 3.87. The zero-order valence-corrected chi connectivity index (χ0v) is 9.06. The fraction of sp³-hybridized carbons (Fsp3) is 0.143. The first kappa shape index (κ1) is 10.6. The van der Waals surface area contributed by atoms with E-state index in [0.717, 1.165) is 18.5 Å². The van der Waals surface area contributed by atoms with Crippen molar-refractivity contribution in [2.45, 2.75) is 12.8 Å². The summed E-state index contributed by atoms with van der Waals surface area (Å²) in [5.41, 5.74) is 9.10. The van der Waals surface area contributed by atoms with Gasteiger partial charge in [-0.3, -0.25) is 0 Å². The lowest BCUT2D eigenvalue weighted by Gasteiger charge is -2.05. The summed E-state index contributed by atoms with van der Waals surface area (Å²) in [6.45, 7) is 0. The summed E-state index contributed by atoms with van der Waals surface area (Å²) in [4.78, 5) is 0. The van der Waals surface area contributed by atoms with Gasteiger partial charge in [-0.25, -0.2) is 0 Å². The molecule has 2 heteroatoms. The third-order valence-corrected chi connectivity index (χ3v) is 2.67. The molecule has 3 N–H and O–H groups in total. The highest BCUT2D eigenvalue weighted by molar-refractivity contribution is 5.46. The summed E-state index contributed by atoms with van der Waals surface area (Å²) in [6.07, 6.45) is 1.87. The minimum Gasteiger partial charge on any atom is -0.508 e. The third-order valence-electron chi connectivity index (χ3n) is 2.67. The number of aryl methyl sites for hydroxylation is 2. The normalized spacial score (nSPS) is 10.2. The van der Waals surface area contributed by atoms with Crippen LogP contribution in [0.1, 0.15) is 11.1 Å². The first-order chi connectivity index (χ1) is 7.75. The molecule has 82 valence electrons. The van der Waals surface area contributed by atoms with Crippen molar-refractivity contribution in [1.29, 1.82) is 0 Å². The Balaban J connectivity index is 2.02. The standard InChI is InChI=1S/C14H15NO/c15-14-4-2-1-3-12(14)8-5-11-6-9-13(16)10-7-11/h1-4,6-7,9-10,16H,5,8,15H2. The van der Waals surface area contributed by atoms with Gasteiger partial charge in [0, 0.05) is 5.69 Å². The van der Waals surface area contributed by atoms with E-state index >= 15 is 0 Å². The molecule has 0 saturated carbocycles. The summed E-state index contributed by atoms with van der Waals surface area (Å²) in [6, 6.07) is 15.2. The highest BCUT2D eigenvalue weighted by Crippen LogP contribution is 2.15. The molecule has 0 amide bonds. The Morgan fingerprint density at radius 2 is 1.56 bits per heavy atom. The van der Waals surface area contributed by atoms with Gasteiger partial charge < -0.3 is 10.8 Å². The molecule has 0 aliphatic carbocycles. The van der Waals surface area contributed by atoms with Crippen LogP contribution in [0.4, 0.5) is 5.69 Å². The number of anilines is 1. The summed E-state index contributed by atoms with van der Waals surface area (Å²) in [5.74, 6) is 0.308. The van der Waals surface area contributed by atoms with Gasteiger partial charge >= 0.3 is 0 Å². The van der Waals surface area contributed by atoms with Crippen LogP contribution in [-0.4, -0.2) is 5.11 Å². The van der Waals surface area contributed by atoms with Crippen molar-refractivity contribution >= 4 is 5.69 Å².